The van der Waals surface area contributed by atoms with Gasteiger partial charge in [0.25, 0.3) is 0 Å². The number of hydrogen-bond acceptors (Lipinski definition) is 5. The molecule has 5 nitrogen and oxygen atoms in total. The molecule has 0 unspecified atom stereocenters. The standard InChI is InChI=1S/C21H27FN4OS/c1-14(2)9-19(21(27)24-8-7-23)25-20-13-28-12-17(20)15-5-6-16(11-26(3)4)18(22)10-15/h5-6,10,12-14,19,25H,8-9,11H2,1-4H3,(H,24,27)/t19-/m0/s1. The normalized spacial score (nSPS) is 12.1. The molecule has 0 saturated heterocycles. The fourth-order valence-electron chi connectivity index (χ4n) is 2.96. The largest absolute Gasteiger partial charge is 0.372 e. The fourth-order valence-corrected chi connectivity index (χ4v) is 3.75. The molecule has 2 N–H and O–H groups in total. The predicted octanol–water partition coefficient (Wildman–Crippen LogP) is 4.08. The Hall–Kier alpha value is -2.43. The van der Waals surface area contributed by atoms with E-state index in [1.54, 1.807) is 12.1 Å². The number of nitrogens with zero attached hydrogens (tertiary/aromatic N) is 2. The van der Waals surface area contributed by atoms with Crippen LogP contribution >= 0.6 is 11.3 Å². The highest BCUT2D eigenvalue weighted by atomic mass is 32.1. The van der Waals surface area contributed by atoms with Crippen LogP contribution in [0.4, 0.5) is 10.1 Å². The van der Waals surface area contributed by atoms with E-state index in [-0.39, 0.29) is 18.3 Å². The van der Waals surface area contributed by atoms with Crippen molar-refractivity contribution in [1.82, 2.24) is 10.2 Å². The van der Waals surface area contributed by atoms with E-state index in [9.17, 15) is 9.18 Å². The van der Waals surface area contributed by atoms with Crippen molar-refractivity contribution in [2.75, 3.05) is 26.0 Å². The average molecular weight is 403 g/mol. The summed E-state index contributed by atoms with van der Waals surface area (Å²) in [5, 5.41) is 18.5. The molecule has 150 valence electrons. The predicted molar refractivity (Wildman–Crippen MR) is 113 cm³/mol. The lowest BCUT2D eigenvalue weighted by Gasteiger charge is -2.21. The number of nitriles is 1. The molecule has 1 heterocycles. The van der Waals surface area contributed by atoms with Crippen LogP contribution in [0.3, 0.4) is 0 Å². The van der Waals surface area contributed by atoms with Crippen molar-refractivity contribution in [3.63, 3.8) is 0 Å². The summed E-state index contributed by atoms with van der Waals surface area (Å²) in [6, 6.07) is 6.72. The molecule has 28 heavy (non-hydrogen) atoms. The number of anilines is 1. The number of benzene rings is 1. The number of nitrogens with one attached hydrogen (secondary N) is 2. The third-order valence-electron chi connectivity index (χ3n) is 4.21. The van der Waals surface area contributed by atoms with Gasteiger partial charge in [-0.3, -0.25) is 4.79 Å². The zero-order valence-corrected chi connectivity index (χ0v) is 17.6. The van der Waals surface area contributed by atoms with Crippen LogP contribution in [0.15, 0.2) is 29.0 Å². The Bertz CT molecular complexity index is 841. The van der Waals surface area contributed by atoms with Gasteiger partial charge in [0, 0.05) is 28.4 Å². The van der Waals surface area contributed by atoms with Crippen LogP contribution in [-0.2, 0) is 11.3 Å². The van der Waals surface area contributed by atoms with Gasteiger partial charge in [-0.05, 0) is 38.1 Å². The van der Waals surface area contributed by atoms with E-state index in [4.69, 9.17) is 5.26 Å². The molecular weight excluding hydrogens is 375 g/mol. The number of amides is 1. The molecule has 2 aromatic rings. The van der Waals surface area contributed by atoms with Crippen molar-refractivity contribution in [2.24, 2.45) is 5.92 Å². The molecule has 0 saturated carbocycles. The maximum Gasteiger partial charge on any atom is 0.243 e. The number of thiophene rings is 1. The molecule has 1 aromatic carbocycles. The lowest BCUT2D eigenvalue weighted by Crippen LogP contribution is -2.40. The first-order valence-corrected chi connectivity index (χ1v) is 10.2. The minimum absolute atomic E-state index is 0.0237. The zero-order valence-electron chi connectivity index (χ0n) is 16.8. The summed E-state index contributed by atoms with van der Waals surface area (Å²) in [5.74, 6) is -0.149. The molecule has 0 spiro atoms. The molecule has 7 heteroatoms. The average Bonchev–Trinajstić information content (AvgIpc) is 3.08. The van der Waals surface area contributed by atoms with E-state index in [0.717, 1.165) is 16.8 Å². The van der Waals surface area contributed by atoms with E-state index in [1.807, 2.05) is 55.7 Å². The second-order valence-corrected chi connectivity index (χ2v) is 8.19. The van der Waals surface area contributed by atoms with Crippen molar-refractivity contribution < 1.29 is 9.18 Å². The van der Waals surface area contributed by atoms with Crippen molar-refractivity contribution in [3.05, 3.63) is 40.3 Å². The molecule has 0 bridgehead atoms. The first-order valence-electron chi connectivity index (χ1n) is 9.22. The van der Waals surface area contributed by atoms with Crippen molar-refractivity contribution in [2.45, 2.75) is 32.9 Å². The lowest BCUT2D eigenvalue weighted by atomic mass is 10.0. The number of carbonyl (C=O) groups is 1. The quantitative estimate of drug-likeness (QED) is 0.620. The molecule has 0 aliphatic heterocycles. The molecule has 0 radical (unpaired) electrons. The van der Waals surface area contributed by atoms with Gasteiger partial charge in [0.15, 0.2) is 0 Å². The summed E-state index contributed by atoms with van der Waals surface area (Å²) in [4.78, 5) is 14.3. The van der Waals surface area contributed by atoms with Gasteiger partial charge in [-0.15, -0.1) is 11.3 Å². The Kier molecular flexibility index (Phi) is 7.97. The Morgan fingerprint density at radius 3 is 2.68 bits per heavy atom. The third kappa shape index (κ3) is 6.04. The fraction of sp³-hybridized carbons (Fsp3) is 0.429. The van der Waals surface area contributed by atoms with Crippen LogP contribution in [-0.4, -0.2) is 37.5 Å². The van der Waals surface area contributed by atoms with Crippen LogP contribution in [0.1, 0.15) is 25.8 Å². The first-order chi connectivity index (χ1) is 13.3. The van der Waals surface area contributed by atoms with Crippen molar-refractivity contribution in [1.29, 1.82) is 5.26 Å². The van der Waals surface area contributed by atoms with Gasteiger partial charge in [-0.1, -0.05) is 26.0 Å². The second kappa shape index (κ2) is 10.2. The van der Waals surface area contributed by atoms with Crippen LogP contribution < -0.4 is 10.6 Å². The van der Waals surface area contributed by atoms with Crippen molar-refractivity contribution >= 4 is 22.9 Å². The highest BCUT2D eigenvalue weighted by Gasteiger charge is 2.21. The van der Waals surface area contributed by atoms with Crippen LogP contribution in [0, 0.1) is 23.1 Å². The Labute approximate surface area is 170 Å². The number of rotatable bonds is 9. The summed E-state index contributed by atoms with van der Waals surface area (Å²) >= 11 is 1.49. The molecule has 2 rings (SSSR count). The van der Waals surface area contributed by atoms with Gasteiger partial charge in [-0.25, -0.2) is 4.39 Å². The van der Waals surface area contributed by atoms with Gasteiger partial charge in [0.05, 0.1) is 11.8 Å². The van der Waals surface area contributed by atoms with Crippen molar-refractivity contribution in [3.8, 4) is 17.2 Å². The minimum atomic E-state index is -0.459. The van der Waals surface area contributed by atoms with E-state index in [2.05, 4.69) is 10.6 Å². The molecule has 0 aliphatic rings. The zero-order chi connectivity index (χ0) is 20.7. The van der Waals surface area contributed by atoms with Crippen LogP contribution in [0.2, 0.25) is 0 Å². The van der Waals surface area contributed by atoms with Gasteiger partial charge in [-0.2, -0.15) is 5.26 Å². The SMILES string of the molecule is CC(C)C[C@H](Nc1cscc1-c1ccc(CN(C)C)c(F)c1)C(=O)NCC#N. The maximum atomic E-state index is 14.5. The van der Waals surface area contributed by atoms with Crippen LogP contribution in [0.5, 0.6) is 0 Å². The molecule has 1 amide bonds. The van der Waals surface area contributed by atoms with E-state index in [0.29, 0.717) is 24.4 Å². The summed E-state index contributed by atoms with van der Waals surface area (Å²) in [6.07, 6.45) is 0.628. The number of halogens is 1. The summed E-state index contributed by atoms with van der Waals surface area (Å²) in [6.45, 7) is 4.60. The highest BCUT2D eigenvalue weighted by molar-refractivity contribution is 7.08. The van der Waals surface area contributed by atoms with E-state index in [1.165, 1.54) is 11.3 Å². The van der Waals surface area contributed by atoms with Gasteiger partial charge in [0.2, 0.25) is 5.91 Å². The summed E-state index contributed by atoms with van der Waals surface area (Å²) in [5.41, 5.74) is 3.07. The molecule has 0 aliphatic carbocycles. The summed E-state index contributed by atoms with van der Waals surface area (Å²) < 4.78 is 14.5. The third-order valence-corrected chi connectivity index (χ3v) is 4.95. The van der Waals surface area contributed by atoms with E-state index >= 15 is 0 Å². The Morgan fingerprint density at radius 2 is 2.07 bits per heavy atom. The highest BCUT2D eigenvalue weighted by Crippen LogP contribution is 2.33. The topological polar surface area (TPSA) is 68.2 Å². The Balaban J connectivity index is 2.25. The molecular formula is C21H27FN4OS. The Morgan fingerprint density at radius 1 is 1.32 bits per heavy atom. The smallest absolute Gasteiger partial charge is 0.243 e. The van der Waals surface area contributed by atoms with Gasteiger partial charge in [0.1, 0.15) is 18.4 Å². The molecule has 0 fully saturated rings. The number of carbonyl (C=O) groups excluding carboxylic acids is 1. The monoisotopic (exact) mass is 402 g/mol. The molecule has 1 atom stereocenters. The minimum Gasteiger partial charge on any atom is -0.372 e. The van der Waals surface area contributed by atoms with Gasteiger partial charge < -0.3 is 15.5 Å². The molecule has 1 aromatic heterocycles. The number of hydrogen-bond donors (Lipinski definition) is 2. The second-order valence-electron chi connectivity index (χ2n) is 7.45. The lowest BCUT2D eigenvalue weighted by molar-refractivity contribution is -0.121. The summed E-state index contributed by atoms with van der Waals surface area (Å²) in [7, 11) is 3.81. The maximum absolute atomic E-state index is 14.5. The van der Waals surface area contributed by atoms with Gasteiger partial charge >= 0.3 is 0 Å². The van der Waals surface area contributed by atoms with Crippen LogP contribution in [0.25, 0.3) is 11.1 Å². The first kappa shape index (κ1) is 21.9. The van der Waals surface area contributed by atoms with E-state index < -0.39 is 6.04 Å².